The molecule has 0 aromatic heterocycles. The maximum Gasteiger partial charge on any atom is 0.707 e. The second-order valence-corrected chi connectivity index (χ2v) is 2.73. The molecule has 9 heteroatoms. The van der Waals surface area contributed by atoms with E-state index in [0.717, 1.165) is 0 Å². The molecule has 0 unspecified atom stereocenters. The predicted octanol–water partition coefficient (Wildman–Crippen LogP) is -2.98. The normalized spacial score (nSPS) is 22.7. The minimum Gasteiger partial charge on any atom is -0.509 e. The van der Waals surface area contributed by atoms with Gasteiger partial charge in [-0.3, -0.25) is 0 Å². The van der Waals surface area contributed by atoms with Gasteiger partial charge >= 0.3 is 13.3 Å². The number of hydrogen-bond acceptors (Lipinski definition) is 8. The molecular weight excluding hydrogens is 211 g/mol. The van der Waals surface area contributed by atoms with E-state index in [2.05, 4.69) is 9.39 Å². The molecule has 1 aliphatic rings. The molecule has 0 radical (unpaired) electrons. The number of carbonyl (C=O) groups is 1. The van der Waals surface area contributed by atoms with E-state index in [9.17, 15) is 4.79 Å². The van der Waals surface area contributed by atoms with E-state index in [0.29, 0.717) is 0 Å². The molecule has 1 heterocycles. The molecule has 0 aromatic rings. The standard InChI is InChI=1S/C6H9BO8/c8-1-2(9)4-5(15-7(12)13)3(10)6(11)14-4/h2,4,8-10,12-13H,1H2/t2-,4+/m0/s1. The Balaban J connectivity index is 2.87. The van der Waals surface area contributed by atoms with E-state index in [4.69, 9.17) is 25.4 Å². The molecular formula is C6H9BO8. The molecule has 0 fully saturated rings. The molecule has 0 saturated heterocycles. The van der Waals surface area contributed by atoms with Crippen LogP contribution in [0.1, 0.15) is 0 Å². The Morgan fingerprint density at radius 1 is 1.53 bits per heavy atom. The zero-order valence-corrected chi connectivity index (χ0v) is 7.40. The number of aliphatic hydroxyl groups excluding tert-OH is 3. The van der Waals surface area contributed by atoms with Gasteiger partial charge in [-0.25, -0.2) is 4.79 Å². The van der Waals surface area contributed by atoms with E-state index in [1.165, 1.54) is 0 Å². The fourth-order valence-electron chi connectivity index (χ4n) is 1.05. The topological polar surface area (TPSA) is 137 Å². The Labute approximate surface area is 84.2 Å². The average Bonchev–Trinajstić information content (AvgIpc) is 2.44. The molecule has 2 atom stereocenters. The van der Waals surface area contributed by atoms with Crippen molar-refractivity contribution in [1.82, 2.24) is 0 Å². The number of esters is 1. The molecule has 84 valence electrons. The van der Waals surface area contributed by atoms with Gasteiger partial charge in [0.05, 0.1) is 6.61 Å². The first-order valence-corrected chi connectivity index (χ1v) is 3.93. The number of rotatable bonds is 4. The lowest BCUT2D eigenvalue weighted by Crippen LogP contribution is -2.34. The summed E-state index contributed by atoms with van der Waals surface area (Å²) in [7, 11) is -2.27. The van der Waals surface area contributed by atoms with E-state index >= 15 is 0 Å². The van der Waals surface area contributed by atoms with Crippen LogP contribution in [0, 0.1) is 0 Å². The molecule has 15 heavy (non-hydrogen) atoms. The lowest BCUT2D eigenvalue weighted by molar-refractivity contribution is -0.147. The minimum absolute atomic E-state index is 0.628. The van der Waals surface area contributed by atoms with Crippen molar-refractivity contribution in [3.05, 3.63) is 11.5 Å². The molecule has 0 aromatic carbocycles. The number of hydrogen-bond donors (Lipinski definition) is 5. The van der Waals surface area contributed by atoms with Gasteiger partial charge in [-0.05, 0) is 0 Å². The Bertz CT molecular complexity index is 287. The van der Waals surface area contributed by atoms with E-state index in [1.807, 2.05) is 0 Å². The van der Waals surface area contributed by atoms with Crippen molar-refractivity contribution in [2.24, 2.45) is 0 Å². The van der Waals surface area contributed by atoms with Crippen LogP contribution in [-0.2, 0) is 14.2 Å². The van der Waals surface area contributed by atoms with Crippen LogP contribution >= 0.6 is 0 Å². The lowest BCUT2D eigenvalue weighted by atomic mass is 10.1. The van der Waals surface area contributed by atoms with Gasteiger partial charge in [0.1, 0.15) is 6.10 Å². The number of carbonyl (C=O) groups excluding carboxylic acids is 1. The zero-order valence-electron chi connectivity index (χ0n) is 7.40. The first-order chi connectivity index (χ1) is 6.97. The van der Waals surface area contributed by atoms with Gasteiger partial charge in [-0.2, -0.15) is 0 Å². The largest absolute Gasteiger partial charge is 0.707 e. The van der Waals surface area contributed by atoms with Crippen molar-refractivity contribution >= 4 is 13.3 Å². The summed E-state index contributed by atoms with van der Waals surface area (Å²) in [5, 5.41) is 43.8. The summed E-state index contributed by atoms with van der Waals surface area (Å²) < 4.78 is 8.67. The van der Waals surface area contributed by atoms with Crippen molar-refractivity contribution in [2.45, 2.75) is 12.2 Å². The fourth-order valence-corrected chi connectivity index (χ4v) is 1.05. The average molecular weight is 220 g/mol. The summed E-state index contributed by atoms with van der Waals surface area (Å²) in [4.78, 5) is 10.8. The Hall–Kier alpha value is -1.29. The summed E-state index contributed by atoms with van der Waals surface area (Å²) >= 11 is 0. The van der Waals surface area contributed by atoms with Crippen molar-refractivity contribution in [2.75, 3.05) is 6.61 Å². The highest BCUT2D eigenvalue weighted by Crippen LogP contribution is 2.24. The van der Waals surface area contributed by atoms with Crippen molar-refractivity contribution < 1.29 is 39.6 Å². The summed E-state index contributed by atoms with van der Waals surface area (Å²) in [6, 6.07) is 0. The highest BCUT2D eigenvalue weighted by Gasteiger charge is 2.41. The van der Waals surface area contributed by atoms with Gasteiger partial charge in [0, 0.05) is 0 Å². The summed E-state index contributed by atoms with van der Waals surface area (Å²) in [6.07, 6.45) is -2.98. The van der Waals surface area contributed by atoms with Crippen LogP contribution in [0.3, 0.4) is 0 Å². The Kier molecular flexibility index (Phi) is 3.53. The smallest absolute Gasteiger partial charge is 0.509 e. The third-order valence-corrected chi connectivity index (χ3v) is 1.69. The highest BCUT2D eigenvalue weighted by atomic mass is 16.7. The van der Waals surface area contributed by atoms with Crippen LogP contribution in [-0.4, -0.2) is 57.5 Å². The second-order valence-electron chi connectivity index (χ2n) is 2.73. The van der Waals surface area contributed by atoms with Crippen molar-refractivity contribution in [3.8, 4) is 0 Å². The second kappa shape index (κ2) is 4.49. The maximum absolute atomic E-state index is 10.8. The van der Waals surface area contributed by atoms with E-state index in [1.54, 1.807) is 0 Å². The first-order valence-electron chi connectivity index (χ1n) is 3.93. The van der Waals surface area contributed by atoms with Gasteiger partial charge in [-0.1, -0.05) is 0 Å². The SMILES string of the molecule is O=C1O[C@H]([C@@H](O)CO)C(OB(O)O)=C1O. The van der Waals surface area contributed by atoms with Crippen LogP contribution in [0.15, 0.2) is 11.5 Å². The maximum atomic E-state index is 10.8. The fraction of sp³-hybridized carbons (Fsp3) is 0.500. The molecule has 0 spiro atoms. The van der Waals surface area contributed by atoms with Crippen molar-refractivity contribution in [3.63, 3.8) is 0 Å². The van der Waals surface area contributed by atoms with Gasteiger partial charge in [-0.15, -0.1) is 0 Å². The van der Waals surface area contributed by atoms with Crippen LogP contribution < -0.4 is 0 Å². The highest BCUT2D eigenvalue weighted by molar-refractivity contribution is 6.33. The lowest BCUT2D eigenvalue weighted by Gasteiger charge is -2.17. The molecule has 1 rings (SSSR count). The minimum atomic E-state index is -2.27. The van der Waals surface area contributed by atoms with Gasteiger partial charge in [0.25, 0.3) is 0 Å². The predicted molar refractivity (Wildman–Crippen MR) is 43.9 cm³/mol. The number of aliphatic hydroxyl groups is 3. The quantitative estimate of drug-likeness (QED) is 0.250. The van der Waals surface area contributed by atoms with Gasteiger partial charge in [0.2, 0.25) is 5.76 Å². The molecule has 8 nitrogen and oxygen atoms in total. The summed E-state index contributed by atoms with van der Waals surface area (Å²) in [5.74, 6) is -2.78. The molecule has 0 amide bonds. The third-order valence-electron chi connectivity index (χ3n) is 1.69. The van der Waals surface area contributed by atoms with E-state index < -0.39 is 43.6 Å². The third kappa shape index (κ3) is 2.39. The van der Waals surface area contributed by atoms with Gasteiger partial charge < -0.3 is 34.8 Å². The molecule has 0 saturated carbocycles. The monoisotopic (exact) mass is 220 g/mol. The van der Waals surface area contributed by atoms with E-state index in [-0.39, 0.29) is 0 Å². The number of cyclic esters (lactones) is 1. The molecule has 0 bridgehead atoms. The van der Waals surface area contributed by atoms with Crippen LogP contribution in [0.4, 0.5) is 0 Å². The Morgan fingerprint density at radius 3 is 2.60 bits per heavy atom. The number of ether oxygens (including phenoxy) is 1. The summed E-state index contributed by atoms with van der Waals surface area (Å²) in [6.45, 7) is -0.750. The Morgan fingerprint density at radius 2 is 2.13 bits per heavy atom. The van der Waals surface area contributed by atoms with Crippen LogP contribution in [0.2, 0.25) is 0 Å². The van der Waals surface area contributed by atoms with Crippen LogP contribution in [0.5, 0.6) is 0 Å². The first kappa shape index (κ1) is 11.8. The zero-order chi connectivity index (χ0) is 11.6. The molecule has 5 N–H and O–H groups in total. The molecule has 0 aliphatic carbocycles. The molecule has 1 aliphatic heterocycles. The summed E-state index contributed by atoms with van der Waals surface area (Å²) in [5.41, 5.74) is 0. The van der Waals surface area contributed by atoms with Crippen LogP contribution in [0.25, 0.3) is 0 Å². The van der Waals surface area contributed by atoms with Crippen molar-refractivity contribution in [1.29, 1.82) is 0 Å². The van der Waals surface area contributed by atoms with Gasteiger partial charge in [0.15, 0.2) is 11.9 Å².